The molecule has 0 atom stereocenters. The maximum Gasteiger partial charge on any atom is 0.500 e. The lowest BCUT2D eigenvalue weighted by molar-refractivity contribution is 0.123. The second-order valence-corrected chi connectivity index (χ2v) is 7.99. The Labute approximate surface area is 92.3 Å². The maximum atomic E-state index is 10.8. The van der Waals surface area contributed by atoms with E-state index in [4.69, 9.17) is 13.3 Å². The number of hydrogen-bond acceptors (Lipinski definition) is 5. The summed E-state index contributed by atoms with van der Waals surface area (Å²) < 4.78 is 39.5. The molecule has 0 aromatic rings. The average Bonchev–Trinajstić information content (AvgIpc) is 2.18. The molecule has 15 heavy (non-hydrogen) atoms. The van der Waals surface area contributed by atoms with Crippen molar-refractivity contribution >= 4 is 18.8 Å². The third-order valence-electron chi connectivity index (χ3n) is 1.96. The van der Waals surface area contributed by atoms with Gasteiger partial charge in [0.15, 0.2) is 0 Å². The van der Waals surface area contributed by atoms with Crippen LogP contribution in [0.5, 0.6) is 0 Å². The van der Waals surface area contributed by atoms with Crippen molar-refractivity contribution in [3.8, 4) is 0 Å². The van der Waals surface area contributed by atoms with Gasteiger partial charge in [0.1, 0.15) is 0 Å². The summed E-state index contributed by atoms with van der Waals surface area (Å²) in [5, 5.41) is 0. The lowest BCUT2D eigenvalue weighted by atomic mass is 10.5. The molecule has 6 nitrogen and oxygen atoms in total. The Morgan fingerprint density at radius 3 is 1.93 bits per heavy atom. The fraction of sp³-hybridized carbons (Fsp3) is 1.00. The molecule has 92 valence electrons. The Bertz CT molecular complexity index is 256. The largest absolute Gasteiger partial charge is 0.500 e. The van der Waals surface area contributed by atoms with Crippen LogP contribution >= 0.6 is 0 Å². The van der Waals surface area contributed by atoms with Crippen LogP contribution in [0.1, 0.15) is 6.42 Å². The van der Waals surface area contributed by atoms with Gasteiger partial charge in [-0.3, -0.25) is 0 Å². The smallest absolute Gasteiger partial charge is 0.377 e. The molecular formula is C7H19NO5SSi. The van der Waals surface area contributed by atoms with Gasteiger partial charge < -0.3 is 13.3 Å². The number of rotatable bonds is 8. The van der Waals surface area contributed by atoms with Crippen LogP contribution in [0.4, 0.5) is 0 Å². The SMILES string of the molecule is CO[Si](CCCNS(C)(=O)=O)(OC)OC. The number of sulfonamides is 1. The molecular weight excluding hydrogens is 238 g/mol. The van der Waals surface area contributed by atoms with E-state index in [1.807, 2.05) is 0 Å². The Kier molecular flexibility index (Phi) is 6.56. The number of hydrogen-bond donors (Lipinski definition) is 1. The van der Waals surface area contributed by atoms with Crippen molar-refractivity contribution in [3.05, 3.63) is 0 Å². The zero-order chi connectivity index (χ0) is 11.9. The van der Waals surface area contributed by atoms with Crippen LogP contribution in [-0.2, 0) is 23.3 Å². The van der Waals surface area contributed by atoms with E-state index in [2.05, 4.69) is 4.72 Å². The van der Waals surface area contributed by atoms with E-state index in [0.717, 1.165) is 6.26 Å². The third kappa shape index (κ3) is 6.23. The van der Waals surface area contributed by atoms with Gasteiger partial charge in [-0.15, -0.1) is 0 Å². The van der Waals surface area contributed by atoms with E-state index in [9.17, 15) is 8.42 Å². The minimum Gasteiger partial charge on any atom is -0.377 e. The first-order valence-corrected chi connectivity index (χ1v) is 8.31. The minimum atomic E-state index is -3.12. The van der Waals surface area contributed by atoms with Crippen LogP contribution in [-0.4, -0.2) is 51.4 Å². The monoisotopic (exact) mass is 257 g/mol. The van der Waals surface area contributed by atoms with Crippen LogP contribution in [0.25, 0.3) is 0 Å². The molecule has 0 unspecified atom stereocenters. The van der Waals surface area contributed by atoms with E-state index < -0.39 is 18.8 Å². The van der Waals surface area contributed by atoms with Crippen LogP contribution in [0.2, 0.25) is 6.04 Å². The summed E-state index contributed by atoms with van der Waals surface area (Å²) in [7, 11) is -1.07. The first-order chi connectivity index (χ1) is 6.89. The van der Waals surface area contributed by atoms with Crippen LogP contribution in [0.3, 0.4) is 0 Å². The van der Waals surface area contributed by atoms with Crippen molar-refractivity contribution < 1.29 is 21.7 Å². The molecule has 0 aliphatic heterocycles. The first kappa shape index (κ1) is 15.0. The van der Waals surface area contributed by atoms with Gasteiger partial charge >= 0.3 is 8.80 Å². The van der Waals surface area contributed by atoms with Gasteiger partial charge in [-0.25, -0.2) is 13.1 Å². The van der Waals surface area contributed by atoms with Gasteiger partial charge in [0.05, 0.1) is 6.26 Å². The van der Waals surface area contributed by atoms with Crippen molar-refractivity contribution in [3.63, 3.8) is 0 Å². The van der Waals surface area contributed by atoms with E-state index in [0.29, 0.717) is 19.0 Å². The van der Waals surface area contributed by atoms with Crippen LogP contribution in [0.15, 0.2) is 0 Å². The van der Waals surface area contributed by atoms with Gasteiger partial charge in [0.2, 0.25) is 10.0 Å². The second kappa shape index (κ2) is 6.56. The summed E-state index contributed by atoms with van der Waals surface area (Å²) >= 11 is 0. The predicted octanol–water partition coefficient (Wildman–Crippen LogP) is -0.196. The lowest BCUT2D eigenvalue weighted by Gasteiger charge is -2.24. The fourth-order valence-corrected chi connectivity index (χ4v) is 3.36. The summed E-state index contributed by atoms with van der Waals surface area (Å²) in [5.41, 5.74) is 0. The van der Waals surface area contributed by atoms with Crippen molar-refractivity contribution in [2.45, 2.75) is 12.5 Å². The van der Waals surface area contributed by atoms with Gasteiger partial charge in [-0.05, 0) is 6.42 Å². The van der Waals surface area contributed by atoms with Gasteiger partial charge in [-0.2, -0.15) is 0 Å². The third-order valence-corrected chi connectivity index (χ3v) is 5.52. The van der Waals surface area contributed by atoms with Crippen molar-refractivity contribution in [2.75, 3.05) is 34.1 Å². The zero-order valence-electron chi connectivity index (χ0n) is 9.57. The molecule has 0 saturated heterocycles. The molecule has 0 saturated carbocycles. The summed E-state index contributed by atoms with van der Waals surface area (Å²) in [6.07, 6.45) is 1.75. The van der Waals surface area contributed by atoms with Gasteiger partial charge in [0, 0.05) is 33.9 Å². The normalized spacial score (nSPS) is 13.1. The summed E-state index contributed by atoms with van der Waals surface area (Å²) in [5.74, 6) is 0. The highest BCUT2D eigenvalue weighted by Gasteiger charge is 2.36. The van der Waals surface area contributed by atoms with Crippen LogP contribution in [0, 0.1) is 0 Å². The van der Waals surface area contributed by atoms with Crippen molar-refractivity contribution in [1.29, 1.82) is 0 Å². The quantitative estimate of drug-likeness (QED) is 0.482. The molecule has 0 bridgehead atoms. The lowest BCUT2D eigenvalue weighted by Crippen LogP contribution is -2.43. The molecule has 0 amide bonds. The van der Waals surface area contributed by atoms with E-state index in [-0.39, 0.29) is 0 Å². The minimum absolute atomic E-state index is 0.365. The van der Waals surface area contributed by atoms with Crippen molar-refractivity contribution in [2.24, 2.45) is 0 Å². The Hall–Kier alpha value is 0.00688. The van der Waals surface area contributed by atoms with E-state index >= 15 is 0 Å². The number of nitrogens with one attached hydrogen (secondary N) is 1. The first-order valence-electron chi connectivity index (χ1n) is 4.49. The average molecular weight is 257 g/mol. The topological polar surface area (TPSA) is 73.9 Å². The standard InChI is InChI=1S/C7H19NO5SSi/c1-11-15(12-2,13-3)7-5-6-8-14(4,9)10/h8H,5-7H2,1-4H3. The molecule has 0 heterocycles. The molecule has 0 aliphatic rings. The zero-order valence-corrected chi connectivity index (χ0v) is 11.4. The molecule has 0 aliphatic carbocycles. The molecule has 0 spiro atoms. The Morgan fingerprint density at radius 2 is 1.60 bits per heavy atom. The molecule has 0 fully saturated rings. The van der Waals surface area contributed by atoms with Crippen LogP contribution < -0.4 is 4.72 Å². The highest BCUT2D eigenvalue weighted by Crippen LogP contribution is 2.14. The highest BCUT2D eigenvalue weighted by atomic mass is 32.2. The summed E-state index contributed by atoms with van der Waals surface area (Å²) in [6, 6.07) is 0.582. The highest BCUT2D eigenvalue weighted by molar-refractivity contribution is 7.88. The Morgan fingerprint density at radius 1 is 1.13 bits per heavy atom. The molecule has 0 radical (unpaired) electrons. The van der Waals surface area contributed by atoms with Gasteiger partial charge in [-0.1, -0.05) is 0 Å². The van der Waals surface area contributed by atoms with E-state index in [1.54, 1.807) is 0 Å². The summed E-state index contributed by atoms with van der Waals surface area (Å²) in [4.78, 5) is 0. The van der Waals surface area contributed by atoms with E-state index in [1.165, 1.54) is 21.3 Å². The fourth-order valence-electron chi connectivity index (χ4n) is 1.12. The molecule has 1 N–H and O–H groups in total. The second-order valence-electron chi connectivity index (χ2n) is 3.07. The van der Waals surface area contributed by atoms with Crippen molar-refractivity contribution in [1.82, 2.24) is 4.72 Å². The maximum absolute atomic E-state index is 10.8. The Balaban J connectivity index is 3.92. The molecule has 8 heteroatoms. The molecule has 0 aromatic heterocycles. The van der Waals surface area contributed by atoms with Gasteiger partial charge in [0.25, 0.3) is 0 Å². The molecule has 0 aromatic carbocycles. The molecule has 0 rings (SSSR count). The summed E-state index contributed by atoms with van der Waals surface area (Å²) in [6.45, 7) is 0.365. The predicted molar refractivity (Wildman–Crippen MR) is 59.1 cm³/mol.